The van der Waals surface area contributed by atoms with Gasteiger partial charge >= 0.3 is 0 Å². The molecule has 180 valence electrons. The average molecular weight is 469 g/mol. The summed E-state index contributed by atoms with van der Waals surface area (Å²) in [5, 5.41) is 26.4. The summed E-state index contributed by atoms with van der Waals surface area (Å²) in [5.41, 5.74) is 2.07. The molecular formula is C24H28N4O6. The number of fused-ring (bicyclic) bond motifs is 1. The van der Waals surface area contributed by atoms with Crippen molar-refractivity contribution < 1.29 is 29.4 Å². The van der Waals surface area contributed by atoms with E-state index in [2.05, 4.69) is 16.0 Å². The molecule has 0 radical (unpaired) electrons. The van der Waals surface area contributed by atoms with Crippen molar-refractivity contribution in [1.82, 2.24) is 10.6 Å². The first-order chi connectivity index (χ1) is 16.4. The van der Waals surface area contributed by atoms with Crippen LogP contribution >= 0.6 is 0 Å². The fourth-order valence-electron chi connectivity index (χ4n) is 3.68. The fourth-order valence-corrected chi connectivity index (χ4v) is 3.68. The molecule has 10 heteroatoms. The van der Waals surface area contributed by atoms with E-state index in [1.54, 1.807) is 24.3 Å². The summed E-state index contributed by atoms with van der Waals surface area (Å²) in [6.45, 7) is -0.279. The lowest BCUT2D eigenvalue weighted by atomic mass is 10.1. The Balaban J connectivity index is 1.70. The number of benzene rings is 2. The van der Waals surface area contributed by atoms with Crippen molar-refractivity contribution in [1.29, 1.82) is 0 Å². The highest BCUT2D eigenvalue weighted by molar-refractivity contribution is 6.06. The molecule has 0 aliphatic carbocycles. The molecule has 2 aromatic carbocycles. The second-order valence-electron chi connectivity index (χ2n) is 7.95. The number of carbonyl (C=O) groups is 4. The Morgan fingerprint density at radius 2 is 1.79 bits per heavy atom. The van der Waals surface area contributed by atoms with E-state index in [9.17, 15) is 19.2 Å². The highest BCUT2D eigenvalue weighted by Crippen LogP contribution is 2.28. The van der Waals surface area contributed by atoms with Crippen molar-refractivity contribution in [2.75, 3.05) is 23.3 Å². The van der Waals surface area contributed by atoms with E-state index in [0.717, 1.165) is 5.56 Å². The van der Waals surface area contributed by atoms with E-state index in [1.165, 1.54) is 4.90 Å². The number of nitrogens with zero attached hydrogens (tertiary/aromatic N) is 1. The first-order valence-electron chi connectivity index (χ1n) is 11.0. The van der Waals surface area contributed by atoms with Crippen LogP contribution in [-0.4, -0.2) is 65.7 Å². The van der Waals surface area contributed by atoms with Gasteiger partial charge in [-0.15, -0.1) is 0 Å². The van der Waals surface area contributed by atoms with E-state index in [-0.39, 0.29) is 25.3 Å². The molecule has 0 saturated carbocycles. The predicted octanol–water partition coefficient (Wildman–Crippen LogP) is -0.0528. The van der Waals surface area contributed by atoms with Crippen molar-refractivity contribution in [3.8, 4) is 0 Å². The zero-order valence-corrected chi connectivity index (χ0v) is 18.5. The van der Waals surface area contributed by atoms with Gasteiger partial charge in [-0.1, -0.05) is 42.5 Å². The zero-order chi connectivity index (χ0) is 24.5. The highest BCUT2D eigenvalue weighted by Gasteiger charge is 2.32. The van der Waals surface area contributed by atoms with Gasteiger partial charge in [0, 0.05) is 19.4 Å². The molecule has 5 N–H and O–H groups in total. The van der Waals surface area contributed by atoms with Gasteiger partial charge in [0.25, 0.3) is 5.91 Å². The lowest BCUT2D eigenvalue weighted by molar-refractivity contribution is -0.128. The maximum absolute atomic E-state index is 13.3. The number of rotatable bonds is 10. The van der Waals surface area contributed by atoms with Crippen LogP contribution in [0.25, 0.3) is 0 Å². The van der Waals surface area contributed by atoms with Gasteiger partial charge in [-0.3, -0.25) is 19.3 Å². The number of hydrogen-bond acceptors (Lipinski definition) is 7. The predicted molar refractivity (Wildman–Crippen MR) is 125 cm³/mol. The third kappa shape index (κ3) is 6.87. The van der Waals surface area contributed by atoms with Gasteiger partial charge in [0.15, 0.2) is 6.29 Å². The zero-order valence-electron chi connectivity index (χ0n) is 18.5. The van der Waals surface area contributed by atoms with Crippen LogP contribution in [-0.2, 0) is 25.6 Å². The summed E-state index contributed by atoms with van der Waals surface area (Å²) in [4.78, 5) is 50.9. The number of aliphatic hydroxyl groups excluding tert-OH is 1. The largest absolute Gasteiger partial charge is 0.381 e. The minimum Gasteiger partial charge on any atom is -0.381 e. The van der Waals surface area contributed by atoms with Crippen molar-refractivity contribution in [2.45, 2.75) is 37.6 Å². The van der Waals surface area contributed by atoms with Crippen LogP contribution in [0.3, 0.4) is 0 Å². The van der Waals surface area contributed by atoms with E-state index in [4.69, 9.17) is 10.2 Å². The molecule has 3 rings (SSSR count). The topological polar surface area (TPSA) is 148 Å². The van der Waals surface area contributed by atoms with Crippen LogP contribution in [0.2, 0.25) is 0 Å². The molecule has 10 nitrogen and oxygen atoms in total. The molecule has 1 heterocycles. The molecule has 0 aromatic heterocycles. The number of para-hydroxylation sites is 2. The van der Waals surface area contributed by atoms with Gasteiger partial charge in [0.1, 0.15) is 18.9 Å². The lowest BCUT2D eigenvalue weighted by Crippen LogP contribution is -2.53. The molecule has 0 spiro atoms. The minimum absolute atomic E-state index is 0.138. The summed E-state index contributed by atoms with van der Waals surface area (Å²) in [6, 6.07) is 14.4. The number of anilines is 2. The number of hydrogen-bond donors (Lipinski definition) is 5. The molecule has 0 saturated heterocycles. The van der Waals surface area contributed by atoms with Gasteiger partial charge in [-0.2, -0.15) is 0 Å². The van der Waals surface area contributed by atoms with Gasteiger partial charge in [-0.05, 0) is 24.1 Å². The van der Waals surface area contributed by atoms with Gasteiger partial charge in [0.05, 0.1) is 17.4 Å². The van der Waals surface area contributed by atoms with Crippen LogP contribution in [0.4, 0.5) is 11.4 Å². The molecule has 2 atom stereocenters. The Bertz CT molecular complexity index is 1010. The fraction of sp³-hybridized carbons (Fsp3) is 0.333. The third-order valence-corrected chi connectivity index (χ3v) is 5.35. The van der Waals surface area contributed by atoms with Crippen LogP contribution in [0.15, 0.2) is 54.6 Å². The van der Waals surface area contributed by atoms with Crippen molar-refractivity contribution in [2.24, 2.45) is 0 Å². The standard InChI is InChI=1S/C24H28N4O6/c29-15-17(12-23(32)33)26-22(31)14-28-20-9-5-4-8-18(20)25-13-19(24(28)34)27-21(30)11-10-16-6-2-1-3-7-16/h1-9,15,17,19,23,25,32-33H,10-14H2,(H,26,31)(H,27,30)/t17-,19-/m0/s1. The van der Waals surface area contributed by atoms with Crippen LogP contribution in [0.5, 0.6) is 0 Å². The average Bonchev–Trinajstić information content (AvgIpc) is 2.95. The van der Waals surface area contributed by atoms with Gasteiger partial charge in [0.2, 0.25) is 11.8 Å². The Hall–Kier alpha value is -3.76. The number of aliphatic hydroxyl groups is 2. The molecule has 2 aromatic rings. The first kappa shape index (κ1) is 24.9. The van der Waals surface area contributed by atoms with E-state index in [1.807, 2.05) is 30.3 Å². The molecule has 34 heavy (non-hydrogen) atoms. The summed E-state index contributed by atoms with van der Waals surface area (Å²) in [5.74, 6) is -1.43. The SMILES string of the molecule is O=C[C@H](CC(O)O)NC(=O)CN1C(=O)[C@@H](NC(=O)CCc2ccccc2)CNc2ccccc21. The quantitative estimate of drug-likeness (QED) is 0.242. The smallest absolute Gasteiger partial charge is 0.251 e. The molecule has 0 unspecified atom stereocenters. The normalized spacial score (nSPS) is 16.1. The third-order valence-electron chi connectivity index (χ3n) is 5.35. The highest BCUT2D eigenvalue weighted by atomic mass is 16.5. The minimum atomic E-state index is -1.77. The van der Waals surface area contributed by atoms with E-state index >= 15 is 0 Å². The summed E-state index contributed by atoms with van der Waals surface area (Å²) in [6.07, 6.45) is -1.02. The number of carbonyl (C=O) groups excluding carboxylic acids is 4. The van der Waals surface area contributed by atoms with E-state index in [0.29, 0.717) is 24.1 Å². The second-order valence-corrected chi connectivity index (χ2v) is 7.95. The summed E-state index contributed by atoms with van der Waals surface area (Å²) >= 11 is 0. The van der Waals surface area contributed by atoms with Crippen molar-refractivity contribution in [3.63, 3.8) is 0 Å². The van der Waals surface area contributed by atoms with Gasteiger partial charge in [-0.25, -0.2) is 0 Å². The maximum Gasteiger partial charge on any atom is 0.251 e. The summed E-state index contributed by atoms with van der Waals surface area (Å²) in [7, 11) is 0. The Kier molecular flexibility index (Phi) is 8.72. The summed E-state index contributed by atoms with van der Waals surface area (Å²) < 4.78 is 0. The Morgan fingerprint density at radius 1 is 1.09 bits per heavy atom. The van der Waals surface area contributed by atoms with E-state index < -0.39 is 36.7 Å². The number of aryl methyl sites for hydroxylation is 1. The molecule has 1 aliphatic heterocycles. The monoisotopic (exact) mass is 468 g/mol. The van der Waals surface area contributed by atoms with Crippen molar-refractivity contribution >= 4 is 35.4 Å². The second kappa shape index (κ2) is 11.9. The maximum atomic E-state index is 13.3. The number of aldehydes is 1. The Labute approximate surface area is 197 Å². The molecule has 3 amide bonds. The van der Waals surface area contributed by atoms with Crippen molar-refractivity contribution in [3.05, 3.63) is 60.2 Å². The Morgan fingerprint density at radius 3 is 2.50 bits per heavy atom. The van der Waals surface area contributed by atoms with Crippen LogP contribution in [0.1, 0.15) is 18.4 Å². The molecule has 0 bridgehead atoms. The molecule has 0 fully saturated rings. The van der Waals surface area contributed by atoms with Crippen LogP contribution in [0, 0.1) is 0 Å². The molecular weight excluding hydrogens is 440 g/mol. The number of nitrogens with one attached hydrogen (secondary N) is 3. The lowest BCUT2D eigenvalue weighted by Gasteiger charge is -2.25. The van der Waals surface area contributed by atoms with Gasteiger partial charge < -0.3 is 31.0 Å². The number of amides is 3. The first-order valence-corrected chi connectivity index (χ1v) is 11.0. The van der Waals surface area contributed by atoms with Crippen LogP contribution < -0.4 is 20.9 Å². The molecule has 1 aliphatic rings.